The molecule has 1 aliphatic heterocycles. The molecule has 0 bridgehead atoms. The smallest absolute Gasteiger partial charge is 0.240 e. The molecule has 1 aliphatic rings. The van der Waals surface area contributed by atoms with Crippen molar-refractivity contribution in [1.29, 1.82) is 0 Å². The van der Waals surface area contributed by atoms with E-state index in [1.54, 1.807) is 6.33 Å². The second kappa shape index (κ2) is 7.57. The Morgan fingerprint density at radius 1 is 1.25 bits per heavy atom. The third kappa shape index (κ3) is 4.20. The number of rotatable bonds is 5. The van der Waals surface area contributed by atoms with Gasteiger partial charge in [-0.15, -0.1) is 0 Å². The number of aryl methyl sites for hydroxylation is 1. The number of carbonyl (C=O) groups excluding carboxylic acids is 1. The van der Waals surface area contributed by atoms with Gasteiger partial charge in [-0.25, -0.2) is 4.98 Å². The minimum absolute atomic E-state index is 0.0723. The maximum absolute atomic E-state index is 12.2. The van der Waals surface area contributed by atoms with E-state index in [9.17, 15) is 4.79 Å². The van der Waals surface area contributed by atoms with Gasteiger partial charge in [-0.2, -0.15) is 0 Å². The molecule has 24 heavy (non-hydrogen) atoms. The number of likely N-dealkylation sites (tertiary alicyclic amines) is 1. The monoisotopic (exact) mass is 327 g/mol. The van der Waals surface area contributed by atoms with Crippen LogP contribution in [0.3, 0.4) is 0 Å². The molecule has 3 rings (SSSR count). The summed E-state index contributed by atoms with van der Waals surface area (Å²) in [5.41, 5.74) is 3.32. The zero-order chi connectivity index (χ0) is 16.9. The maximum atomic E-state index is 12.2. The summed E-state index contributed by atoms with van der Waals surface area (Å²) in [6.45, 7) is 7.28. The fourth-order valence-corrected chi connectivity index (χ4v) is 3.11. The Balaban J connectivity index is 1.43. The third-order valence-corrected chi connectivity index (χ3v) is 4.77. The highest BCUT2D eigenvalue weighted by molar-refractivity contribution is 5.76. The van der Waals surface area contributed by atoms with Crippen LogP contribution in [0.1, 0.15) is 29.8 Å². The summed E-state index contributed by atoms with van der Waals surface area (Å²) in [4.78, 5) is 23.0. The Kier molecular flexibility index (Phi) is 5.25. The Hall–Kier alpha value is -2.21. The normalized spacial score (nSPS) is 16.2. The second-order valence-electron chi connectivity index (χ2n) is 6.52. The zero-order valence-corrected chi connectivity index (χ0v) is 14.4. The van der Waals surface area contributed by atoms with Gasteiger partial charge in [0.15, 0.2) is 0 Å². The molecule has 0 saturated carbocycles. The minimum Gasteiger partial charge on any atom is -0.352 e. The highest BCUT2D eigenvalue weighted by atomic mass is 16.2. The minimum atomic E-state index is 0.0723. The highest BCUT2D eigenvalue weighted by Crippen LogP contribution is 2.13. The molecule has 0 radical (unpaired) electrons. The van der Waals surface area contributed by atoms with E-state index in [0.29, 0.717) is 6.54 Å². The fraction of sp³-hybridized carbons (Fsp3) is 0.500. The molecule has 0 unspecified atom stereocenters. The van der Waals surface area contributed by atoms with Crippen molar-refractivity contribution < 1.29 is 4.79 Å². The van der Waals surface area contributed by atoms with Crippen molar-refractivity contribution in [3.63, 3.8) is 0 Å². The van der Waals surface area contributed by atoms with Crippen molar-refractivity contribution >= 4 is 5.91 Å². The first-order chi connectivity index (χ1) is 11.6. The molecule has 2 aromatic rings. The Morgan fingerprint density at radius 2 is 1.96 bits per heavy atom. The second-order valence-corrected chi connectivity index (χ2v) is 6.52. The quantitative estimate of drug-likeness (QED) is 0.907. The fourth-order valence-electron chi connectivity index (χ4n) is 3.11. The van der Waals surface area contributed by atoms with Gasteiger partial charge in [0.2, 0.25) is 5.91 Å². The van der Waals surface area contributed by atoms with Gasteiger partial charge in [-0.1, -0.05) is 0 Å². The third-order valence-electron chi connectivity index (χ3n) is 4.77. The molecule has 0 aliphatic carbocycles. The van der Waals surface area contributed by atoms with Crippen molar-refractivity contribution in [2.45, 2.75) is 45.8 Å². The number of hydrogen-bond acceptors (Lipinski definition) is 4. The predicted octanol–water partition coefficient (Wildman–Crippen LogP) is 1.68. The molecule has 6 nitrogen and oxygen atoms in total. The van der Waals surface area contributed by atoms with Gasteiger partial charge in [0, 0.05) is 43.8 Å². The molecule has 2 aromatic heterocycles. The standard InChI is InChI=1S/C18H25N5O/c1-14-15(2)23(13-20-14)12-18(24)21-17-5-9-22(10-6-17)11-16-3-7-19-8-4-16/h3-4,7-8,13,17H,5-6,9-12H2,1-2H3,(H,21,24). The van der Waals surface area contributed by atoms with E-state index in [1.807, 2.05) is 30.8 Å². The van der Waals surface area contributed by atoms with Crippen molar-refractivity contribution in [3.05, 3.63) is 47.8 Å². The molecule has 1 amide bonds. The lowest BCUT2D eigenvalue weighted by Crippen LogP contribution is -2.45. The van der Waals surface area contributed by atoms with Gasteiger partial charge in [0.1, 0.15) is 6.54 Å². The molecule has 0 aromatic carbocycles. The predicted molar refractivity (Wildman–Crippen MR) is 92.4 cm³/mol. The Bertz CT molecular complexity index is 674. The number of carbonyl (C=O) groups is 1. The molecule has 0 spiro atoms. The van der Waals surface area contributed by atoms with E-state index < -0.39 is 0 Å². The van der Waals surface area contributed by atoms with Gasteiger partial charge < -0.3 is 9.88 Å². The van der Waals surface area contributed by atoms with Crippen LogP contribution in [0.5, 0.6) is 0 Å². The summed E-state index contributed by atoms with van der Waals surface area (Å²) in [6.07, 6.45) is 7.41. The number of amides is 1. The van der Waals surface area contributed by atoms with Gasteiger partial charge in [0.05, 0.1) is 12.0 Å². The van der Waals surface area contributed by atoms with E-state index >= 15 is 0 Å². The molecule has 128 valence electrons. The number of nitrogens with one attached hydrogen (secondary N) is 1. The SMILES string of the molecule is Cc1ncn(CC(=O)NC2CCN(Cc3ccncc3)CC2)c1C. The van der Waals surface area contributed by atoms with Crippen LogP contribution in [-0.2, 0) is 17.9 Å². The van der Waals surface area contributed by atoms with Crippen LogP contribution < -0.4 is 5.32 Å². The molecule has 1 fully saturated rings. The van der Waals surface area contributed by atoms with Crippen molar-refractivity contribution in [2.75, 3.05) is 13.1 Å². The van der Waals surface area contributed by atoms with Crippen LogP contribution in [0.2, 0.25) is 0 Å². The van der Waals surface area contributed by atoms with Gasteiger partial charge >= 0.3 is 0 Å². The molecule has 1 N–H and O–H groups in total. The van der Waals surface area contributed by atoms with Crippen LogP contribution in [0.25, 0.3) is 0 Å². The van der Waals surface area contributed by atoms with Crippen molar-refractivity contribution in [2.24, 2.45) is 0 Å². The molecular formula is C18H25N5O. The lowest BCUT2D eigenvalue weighted by molar-refractivity contribution is -0.122. The first-order valence-electron chi connectivity index (χ1n) is 8.51. The zero-order valence-electron chi connectivity index (χ0n) is 14.4. The van der Waals surface area contributed by atoms with E-state index in [4.69, 9.17) is 0 Å². The number of imidazole rings is 1. The average molecular weight is 327 g/mol. The van der Waals surface area contributed by atoms with Gasteiger partial charge in [-0.3, -0.25) is 14.7 Å². The Morgan fingerprint density at radius 3 is 2.58 bits per heavy atom. The summed E-state index contributed by atoms with van der Waals surface area (Å²) < 4.78 is 1.91. The van der Waals surface area contributed by atoms with Gasteiger partial charge in [-0.05, 0) is 44.4 Å². The van der Waals surface area contributed by atoms with E-state index in [0.717, 1.165) is 43.9 Å². The van der Waals surface area contributed by atoms with E-state index in [1.165, 1.54) is 5.56 Å². The summed E-state index contributed by atoms with van der Waals surface area (Å²) in [6, 6.07) is 4.39. The molecule has 1 saturated heterocycles. The van der Waals surface area contributed by atoms with Gasteiger partial charge in [0.25, 0.3) is 0 Å². The van der Waals surface area contributed by atoms with Crippen LogP contribution in [0.15, 0.2) is 30.9 Å². The number of pyridine rings is 1. The molecule has 0 atom stereocenters. The molecule has 6 heteroatoms. The maximum Gasteiger partial charge on any atom is 0.240 e. The average Bonchev–Trinajstić information content (AvgIpc) is 2.90. The summed E-state index contributed by atoms with van der Waals surface area (Å²) in [5.74, 6) is 0.0723. The summed E-state index contributed by atoms with van der Waals surface area (Å²) in [5, 5.41) is 3.16. The number of aromatic nitrogens is 3. The number of nitrogens with zero attached hydrogens (tertiary/aromatic N) is 4. The summed E-state index contributed by atoms with van der Waals surface area (Å²) in [7, 11) is 0. The lowest BCUT2D eigenvalue weighted by Gasteiger charge is -2.32. The van der Waals surface area contributed by atoms with E-state index in [-0.39, 0.29) is 11.9 Å². The molecular weight excluding hydrogens is 302 g/mol. The van der Waals surface area contributed by atoms with Crippen LogP contribution in [-0.4, -0.2) is 44.5 Å². The first-order valence-corrected chi connectivity index (χ1v) is 8.51. The lowest BCUT2D eigenvalue weighted by atomic mass is 10.0. The van der Waals surface area contributed by atoms with Crippen molar-refractivity contribution in [1.82, 2.24) is 24.8 Å². The van der Waals surface area contributed by atoms with Crippen LogP contribution in [0.4, 0.5) is 0 Å². The van der Waals surface area contributed by atoms with Crippen LogP contribution in [0, 0.1) is 13.8 Å². The highest BCUT2D eigenvalue weighted by Gasteiger charge is 2.21. The topological polar surface area (TPSA) is 63.1 Å². The Labute approximate surface area is 142 Å². The van der Waals surface area contributed by atoms with E-state index in [2.05, 4.69) is 32.3 Å². The first kappa shape index (κ1) is 16.6. The molecule has 3 heterocycles. The van der Waals surface area contributed by atoms with Crippen molar-refractivity contribution in [3.8, 4) is 0 Å². The number of hydrogen-bond donors (Lipinski definition) is 1. The van der Waals surface area contributed by atoms with Crippen LogP contribution >= 0.6 is 0 Å². The summed E-state index contributed by atoms with van der Waals surface area (Å²) >= 11 is 0. The number of piperidine rings is 1. The largest absolute Gasteiger partial charge is 0.352 e.